The first-order chi connectivity index (χ1) is 12.6. The zero-order valence-electron chi connectivity index (χ0n) is 15.1. The molecule has 0 unspecified atom stereocenters. The minimum atomic E-state index is -1.11. The predicted octanol–water partition coefficient (Wildman–Crippen LogP) is -0.00590. The molecule has 6 nitrogen and oxygen atoms in total. The topological polar surface area (TPSA) is 86.5 Å². The number of hydrogen-bond donors (Lipinski definition) is 0. The van der Waals surface area contributed by atoms with Crippen LogP contribution in [-0.4, -0.2) is 27.8 Å². The molecule has 1 fully saturated rings. The van der Waals surface area contributed by atoms with Gasteiger partial charge in [-0.05, 0) is 36.4 Å². The molecule has 0 amide bonds. The van der Waals surface area contributed by atoms with E-state index in [2.05, 4.69) is 0 Å². The predicted molar refractivity (Wildman–Crippen MR) is 97.5 cm³/mol. The van der Waals surface area contributed by atoms with E-state index in [-0.39, 0.29) is 41.3 Å². The average Bonchev–Trinajstić information content (AvgIpc) is 2.64. The van der Waals surface area contributed by atoms with Crippen molar-refractivity contribution in [2.24, 2.45) is 0 Å². The number of nitrogens with zero attached hydrogens (tertiary/aromatic N) is 2. The standard InChI is InChI=1S/C19H20N2O4S.Na/c22-19(23)18(14-8-2-1-3-9-14)16-11-6-7-13-20(16)26-17-12-5-4-10-15(17)21(24)25;/h1-5,8-10,12,16,18H,6-7,11,13H2,(H,22,23);/q;+1/p-1/t16-,18-;/m1./s1. The minimum absolute atomic E-state index is 0. The van der Waals surface area contributed by atoms with Crippen molar-refractivity contribution >= 4 is 23.6 Å². The van der Waals surface area contributed by atoms with E-state index in [1.165, 1.54) is 18.0 Å². The number of benzene rings is 2. The van der Waals surface area contributed by atoms with Crippen molar-refractivity contribution in [3.05, 3.63) is 70.3 Å². The second-order valence-electron chi connectivity index (χ2n) is 6.23. The number of piperidine rings is 1. The largest absolute Gasteiger partial charge is 1.00 e. The van der Waals surface area contributed by atoms with E-state index in [0.717, 1.165) is 12.8 Å². The van der Waals surface area contributed by atoms with Gasteiger partial charge in [0.05, 0.1) is 10.9 Å². The number of hydrogen-bond acceptors (Lipinski definition) is 6. The second-order valence-corrected chi connectivity index (χ2v) is 7.32. The summed E-state index contributed by atoms with van der Waals surface area (Å²) in [5.74, 6) is -1.89. The molecule has 136 valence electrons. The van der Waals surface area contributed by atoms with Crippen LogP contribution < -0.4 is 34.7 Å². The van der Waals surface area contributed by atoms with Crippen molar-refractivity contribution in [1.82, 2.24) is 4.31 Å². The minimum Gasteiger partial charge on any atom is -0.549 e. The van der Waals surface area contributed by atoms with Crippen LogP contribution in [0.5, 0.6) is 0 Å². The summed E-state index contributed by atoms with van der Waals surface area (Å²) < 4.78 is 1.97. The van der Waals surface area contributed by atoms with Crippen molar-refractivity contribution in [2.75, 3.05) is 6.54 Å². The summed E-state index contributed by atoms with van der Waals surface area (Å²) in [5.41, 5.74) is 0.735. The van der Waals surface area contributed by atoms with Gasteiger partial charge in [0, 0.05) is 24.6 Å². The molecule has 0 N–H and O–H groups in total. The maximum atomic E-state index is 11.9. The normalized spacial score (nSPS) is 18.3. The second kappa shape index (κ2) is 10.2. The maximum Gasteiger partial charge on any atom is 1.00 e. The summed E-state index contributed by atoms with van der Waals surface area (Å²) in [6.07, 6.45) is 2.56. The van der Waals surface area contributed by atoms with Crippen LogP contribution in [0.15, 0.2) is 59.5 Å². The molecule has 0 radical (unpaired) electrons. The van der Waals surface area contributed by atoms with Gasteiger partial charge in [-0.3, -0.25) is 10.1 Å². The van der Waals surface area contributed by atoms with Gasteiger partial charge in [-0.2, -0.15) is 0 Å². The number of aliphatic carboxylic acids is 1. The number of para-hydroxylation sites is 1. The van der Waals surface area contributed by atoms with Crippen molar-refractivity contribution in [3.63, 3.8) is 0 Å². The molecular weight excluding hydrogens is 375 g/mol. The fraction of sp³-hybridized carbons (Fsp3) is 0.316. The van der Waals surface area contributed by atoms with Crippen LogP contribution in [0.1, 0.15) is 30.7 Å². The average molecular weight is 394 g/mol. The van der Waals surface area contributed by atoms with E-state index < -0.39 is 16.8 Å². The van der Waals surface area contributed by atoms with Gasteiger partial charge in [0.25, 0.3) is 5.69 Å². The van der Waals surface area contributed by atoms with Crippen molar-refractivity contribution in [3.8, 4) is 0 Å². The molecule has 0 saturated carbocycles. The Morgan fingerprint density at radius 2 is 1.78 bits per heavy atom. The molecule has 1 saturated heterocycles. The third-order valence-corrected chi connectivity index (χ3v) is 5.80. The van der Waals surface area contributed by atoms with E-state index >= 15 is 0 Å². The molecule has 27 heavy (non-hydrogen) atoms. The fourth-order valence-electron chi connectivity index (χ4n) is 3.36. The molecule has 1 aliphatic heterocycles. The van der Waals surface area contributed by atoms with E-state index in [4.69, 9.17) is 0 Å². The monoisotopic (exact) mass is 394 g/mol. The molecule has 0 aliphatic carbocycles. The first-order valence-corrected chi connectivity index (χ1v) is 9.29. The Balaban J connectivity index is 0.00000261. The maximum absolute atomic E-state index is 11.9. The van der Waals surface area contributed by atoms with Crippen LogP contribution in [0, 0.1) is 10.1 Å². The van der Waals surface area contributed by atoms with Gasteiger partial charge in [-0.15, -0.1) is 0 Å². The van der Waals surface area contributed by atoms with E-state index in [1.54, 1.807) is 30.3 Å². The molecule has 3 rings (SSSR count). The molecule has 0 spiro atoms. The summed E-state index contributed by atoms with van der Waals surface area (Å²) in [4.78, 5) is 23.3. The number of carboxylic acid groups (broad SMARTS) is 1. The van der Waals surface area contributed by atoms with Gasteiger partial charge < -0.3 is 9.90 Å². The first kappa shape index (κ1) is 21.9. The van der Waals surface area contributed by atoms with Gasteiger partial charge in [0.15, 0.2) is 0 Å². The molecule has 8 heteroatoms. The Morgan fingerprint density at radius 1 is 1.11 bits per heavy atom. The summed E-state index contributed by atoms with van der Waals surface area (Å²) in [6, 6.07) is 15.3. The van der Waals surface area contributed by atoms with Crippen molar-refractivity contribution < 1.29 is 44.4 Å². The smallest absolute Gasteiger partial charge is 0.549 e. The zero-order chi connectivity index (χ0) is 18.5. The number of nitro benzene ring substituents is 1. The van der Waals surface area contributed by atoms with Gasteiger partial charge in [0.1, 0.15) is 4.90 Å². The van der Waals surface area contributed by atoms with Crippen LogP contribution in [-0.2, 0) is 4.79 Å². The van der Waals surface area contributed by atoms with E-state index in [0.29, 0.717) is 23.4 Å². The van der Waals surface area contributed by atoms with E-state index in [9.17, 15) is 20.0 Å². The quantitative estimate of drug-likeness (QED) is 0.297. The number of nitro groups is 1. The SMILES string of the molecule is O=C([O-])[C@H](c1ccccc1)[C@H]1CCCCN1Sc1ccccc1[N+](=O)[O-].[Na+]. The van der Waals surface area contributed by atoms with Crippen molar-refractivity contribution in [1.29, 1.82) is 0 Å². The molecule has 0 bridgehead atoms. The Hall–Kier alpha value is -1.38. The Bertz CT molecular complexity index is 790. The summed E-state index contributed by atoms with van der Waals surface area (Å²) >= 11 is 1.27. The fourth-order valence-corrected chi connectivity index (χ4v) is 4.58. The summed E-state index contributed by atoms with van der Waals surface area (Å²) in [6.45, 7) is 0.679. The molecule has 2 aromatic rings. The third-order valence-electron chi connectivity index (χ3n) is 4.57. The van der Waals surface area contributed by atoms with Gasteiger partial charge in [-0.1, -0.05) is 48.9 Å². The Kier molecular flexibility index (Phi) is 8.31. The van der Waals surface area contributed by atoms with Gasteiger partial charge in [0.2, 0.25) is 0 Å². The van der Waals surface area contributed by atoms with Crippen LogP contribution in [0.3, 0.4) is 0 Å². The summed E-state index contributed by atoms with van der Waals surface area (Å²) in [7, 11) is 0. The van der Waals surface area contributed by atoms with Crippen LogP contribution in [0.25, 0.3) is 0 Å². The molecule has 1 heterocycles. The van der Waals surface area contributed by atoms with Gasteiger partial charge in [-0.25, -0.2) is 4.31 Å². The van der Waals surface area contributed by atoms with Crippen LogP contribution >= 0.6 is 11.9 Å². The van der Waals surface area contributed by atoms with E-state index in [1.807, 2.05) is 22.5 Å². The Labute approximate surface area is 184 Å². The van der Waals surface area contributed by atoms with Gasteiger partial charge >= 0.3 is 29.6 Å². The molecule has 0 aromatic heterocycles. The molecule has 2 aromatic carbocycles. The molecular formula is C19H19N2NaO4S. The van der Waals surface area contributed by atoms with Crippen molar-refractivity contribution in [2.45, 2.75) is 36.1 Å². The summed E-state index contributed by atoms with van der Waals surface area (Å²) in [5, 5.41) is 23.2. The number of rotatable bonds is 6. The van der Waals surface area contributed by atoms with Crippen LogP contribution in [0.2, 0.25) is 0 Å². The number of carboxylic acids is 1. The molecule has 2 atom stereocenters. The number of carbonyl (C=O) groups excluding carboxylic acids is 1. The number of carbonyl (C=O) groups is 1. The van der Waals surface area contributed by atoms with Crippen LogP contribution in [0.4, 0.5) is 5.69 Å². The molecule has 1 aliphatic rings. The third kappa shape index (κ3) is 5.33. The Morgan fingerprint density at radius 3 is 2.44 bits per heavy atom. The first-order valence-electron chi connectivity index (χ1n) is 8.52. The zero-order valence-corrected chi connectivity index (χ0v) is 17.9.